The second-order valence-electron chi connectivity index (χ2n) is 6.42. The summed E-state index contributed by atoms with van der Waals surface area (Å²) in [6.45, 7) is 4.65. The molecule has 5 heteroatoms. The Hall–Kier alpha value is -1.36. The highest BCUT2D eigenvalue weighted by molar-refractivity contribution is 7.12. The van der Waals surface area contributed by atoms with Gasteiger partial charge in [-0.25, -0.2) is 0 Å². The Labute approximate surface area is 136 Å². The molecule has 1 fully saturated rings. The summed E-state index contributed by atoms with van der Waals surface area (Å²) in [5.74, 6) is 0.431. The van der Waals surface area contributed by atoms with Crippen molar-refractivity contribution in [3.8, 4) is 0 Å². The predicted octanol–water partition coefficient (Wildman–Crippen LogP) is 3.20. The smallest absolute Gasteiger partial charge is 0.262 e. The zero-order chi connectivity index (χ0) is 15.9. The Bertz CT molecular complexity index is 479. The molecule has 0 spiro atoms. The first kappa shape index (κ1) is 17.0. The van der Waals surface area contributed by atoms with E-state index in [1.807, 2.05) is 25.3 Å². The molecule has 122 valence electrons. The minimum atomic E-state index is -0.474. The lowest BCUT2D eigenvalue weighted by molar-refractivity contribution is -0.124. The Balaban J connectivity index is 1.86. The minimum Gasteiger partial charge on any atom is -0.354 e. The first-order valence-electron chi connectivity index (χ1n) is 8.20. The molecule has 2 rings (SSSR count). The zero-order valence-corrected chi connectivity index (χ0v) is 14.2. The number of hydrogen-bond donors (Lipinski definition) is 2. The van der Waals surface area contributed by atoms with E-state index in [0.29, 0.717) is 10.8 Å². The van der Waals surface area contributed by atoms with Gasteiger partial charge in [0.15, 0.2) is 0 Å². The molecule has 2 amide bonds. The molecule has 1 heterocycles. The largest absolute Gasteiger partial charge is 0.354 e. The SMILES string of the molecule is CC(C)[C@@H](NC(=O)c1cccs1)C(=O)NCC1CCCCC1. The van der Waals surface area contributed by atoms with Crippen LogP contribution in [0.1, 0.15) is 55.6 Å². The van der Waals surface area contributed by atoms with Gasteiger partial charge in [0.1, 0.15) is 6.04 Å². The van der Waals surface area contributed by atoms with Crippen LogP contribution >= 0.6 is 11.3 Å². The predicted molar refractivity (Wildman–Crippen MR) is 90.0 cm³/mol. The molecule has 1 aromatic rings. The van der Waals surface area contributed by atoms with Crippen molar-refractivity contribution in [2.45, 2.75) is 52.0 Å². The van der Waals surface area contributed by atoms with E-state index in [2.05, 4.69) is 10.6 Å². The highest BCUT2D eigenvalue weighted by Gasteiger charge is 2.25. The molecule has 0 aromatic carbocycles. The third-order valence-corrected chi connectivity index (χ3v) is 5.14. The first-order chi connectivity index (χ1) is 10.6. The fourth-order valence-corrected chi connectivity index (χ4v) is 3.53. The molecule has 0 unspecified atom stereocenters. The average molecular weight is 322 g/mol. The van der Waals surface area contributed by atoms with Gasteiger partial charge in [-0.3, -0.25) is 9.59 Å². The molecule has 0 aliphatic heterocycles. The van der Waals surface area contributed by atoms with Gasteiger partial charge in [0, 0.05) is 6.54 Å². The molecule has 1 saturated carbocycles. The summed E-state index contributed by atoms with van der Waals surface area (Å²) in [7, 11) is 0. The van der Waals surface area contributed by atoms with E-state index in [9.17, 15) is 9.59 Å². The van der Waals surface area contributed by atoms with Crippen LogP contribution in [0.25, 0.3) is 0 Å². The summed E-state index contributed by atoms with van der Waals surface area (Å²) in [6, 6.07) is 3.14. The lowest BCUT2D eigenvalue weighted by Gasteiger charge is -2.25. The summed E-state index contributed by atoms with van der Waals surface area (Å²) < 4.78 is 0. The van der Waals surface area contributed by atoms with E-state index in [1.54, 1.807) is 6.07 Å². The Morgan fingerprint density at radius 1 is 1.27 bits per heavy atom. The molecule has 2 N–H and O–H groups in total. The fraction of sp³-hybridized carbons (Fsp3) is 0.647. The summed E-state index contributed by atoms with van der Waals surface area (Å²) in [5.41, 5.74) is 0. The van der Waals surface area contributed by atoms with Gasteiger partial charge < -0.3 is 10.6 Å². The second kappa shape index (κ2) is 8.32. The summed E-state index contributed by atoms with van der Waals surface area (Å²) in [4.78, 5) is 25.2. The molecule has 0 radical (unpaired) electrons. The van der Waals surface area contributed by atoms with E-state index in [4.69, 9.17) is 0 Å². The third-order valence-electron chi connectivity index (χ3n) is 4.27. The third kappa shape index (κ3) is 4.83. The van der Waals surface area contributed by atoms with Gasteiger partial charge >= 0.3 is 0 Å². The van der Waals surface area contributed by atoms with Crippen LogP contribution in [-0.4, -0.2) is 24.4 Å². The Morgan fingerprint density at radius 2 is 2.00 bits per heavy atom. The molecule has 1 aliphatic carbocycles. The van der Waals surface area contributed by atoms with E-state index in [-0.39, 0.29) is 17.7 Å². The molecule has 1 aliphatic rings. The average Bonchev–Trinajstić information content (AvgIpc) is 3.05. The molecule has 22 heavy (non-hydrogen) atoms. The maximum atomic E-state index is 12.4. The van der Waals surface area contributed by atoms with Crippen LogP contribution in [0.3, 0.4) is 0 Å². The van der Waals surface area contributed by atoms with Gasteiger partial charge in [-0.05, 0) is 36.1 Å². The van der Waals surface area contributed by atoms with Crippen molar-refractivity contribution >= 4 is 23.2 Å². The second-order valence-corrected chi connectivity index (χ2v) is 7.37. The number of rotatable bonds is 6. The normalized spacial score (nSPS) is 17.2. The standard InChI is InChI=1S/C17H26N2O2S/c1-12(2)15(19-16(20)14-9-6-10-22-14)17(21)18-11-13-7-4-3-5-8-13/h6,9-10,12-13,15H,3-5,7-8,11H2,1-2H3,(H,18,21)(H,19,20)/t15-/m1/s1. The number of carbonyl (C=O) groups is 2. The molecule has 4 nitrogen and oxygen atoms in total. The minimum absolute atomic E-state index is 0.0644. The topological polar surface area (TPSA) is 58.2 Å². The molecule has 1 aromatic heterocycles. The first-order valence-corrected chi connectivity index (χ1v) is 9.08. The highest BCUT2D eigenvalue weighted by Crippen LogP contribution is 2.22. The zero-order valence-electron chi connectivity index (χ0n) is 13.4. The summed E-state index contributed by atoms with van der Waals surface area (Å²) >= 11 is 1.39. The van der Waals surface area contributed by atoms with Crippen molar-refractivity contribution in [1.82, 2.24) is 10.6 Å². The van der Waals surface area contributed by atoms with E-state index < -0.39 is 6.04 Å². The maximum absolute atomic E-state index is 12.4. The Kier molecular flexibility index (Phi) is 6.43. The van der Waals surface area contributed by atoms with E-state index in [1.165, 1.54) is 43.4 Å². The van der Waals surface area contributed by atoms with Crippen LogP contribution in [0.15, 0.2) is 17.5 Å². The van der Waals surface area contributed by atoms with Gasteiger partial charge in [0.05, 0.1) is 4.88 Å². The van der Waals surface area contributed by atoms with Crippen molar-refractivity contribution in [2.75, 3.05) is 6.54 Å². The fourth-order valence-electron chi connectivity index (χ4n) is 2.90. The monoisotopic (exact) mass is 322 g/mol. The van der Waals surface area contributed by atoms with Gasteiger partial charge in [-0.2, -0.15) is 0 Å². The van der Waals surface area contributed by atoms with Gasteiger partial charge in [0.25, 0.3) is 5.91 Å². The molecule has 0 saturated heterocycles. The van der Waals surface area contributed by atoms with Crippen LogP contribution in [0, 0.1) is 11.8 Å². The Morgan fingerprint density at radius 3 is 2.59 bits per heavy atom. The summed E-state index contributed by atoms with van der Waals surface area (Å²) in [6.07, 6.45) is 6.25. The van der Waals surface area contributed by atoms with Crippen LogP contribution in [0.4, 0.5) is 0 Å². The molecule has 0 bridgehead atoms. The van der Waals surface area contributed by atoms with Crippen molar-refractivity contribution < 1.29 is 9.59 Å². The van der Waals surface area contributed by atoms with Crippen LogP contribution in [0.2, 0.25) is 0 Å². The van der Waals surface area contributed by atoms with Gasteiger partial charge in [-0.1, -0.05) is 39.2 Å². The van der Waals surface area contributed by atoms with Crippen molar-refractivity contribution in [3.05, 3.63) is 22.4 Å². The van der Waals surface area contributed by atoms with Gasteiger partial charge in [0.2, 0.25) is 5.91 Å². The van der Waals surface area contributed by atoms with Crippen LogP contribution in [-0.2, 0) is 4.79 Å². The number of nitrogens with one attached hydrogen (secondary N) is 2. The van der Waals surface area contributed by atoms with Crippen LogP contribution < -0.4 is 10.6 Å². The number of hydrogen-bond acceptors (Lipinski definition) is 3. The lowest BCUT2D eigenvalue weighted by Crippen LogP contribution is -2.50. The molecular weight excluding hydrogens is 296 g/mol. The molecular formula is C17H26N2O2S. The lowest BCUT2D eigenvalue weighted by atomic mass is 9.89. The molecule has 1 atom stereocenters. The number of thiophene rings is 1. The van der Waals surface area contributed by atoms with Crippen LogP contribution in [0.5, 0.6) is 0 Å². The van der Waals surface area contributed by atoms with Crippen molar-refractivity contribution in [1.29, 1.82) is 0 Å². The quantitative estimate of drug-likeness (QED) is 0.845. The van der Waals surface area contributed by atoms with Gasteiger partial charge in [-0.15, -0.1) is 11.3 Å². The summed E-state index contributed by atoms with van der Waals surface area (Å²) in [5, 5.41) is 7.76. The van der Waals surface area contributed by atoms with E-state index >= 15 is 0 Å². The highest BCUT2D eigenvalue weighted by atomic mass is 32.1. The van der Waals surface area contributed by atoms with Crippen molar-refractivity contribution in [3.63, 3.8) is 0 Å². The van der Waals surface area contributed by atoms with Crippen molar-refractivity contribution in [2.24, 2.45) is 11.8 Å². The van der Waals surface area contributed by atoms with E-state index in [0.717, 1.165) is 6.54 Å². The number of amides is 2. The maximum Gasteiger partial charge on any atom is 0.262 e. The number of carbonyl (C=O) groups excluding carboxylic acids is 2.